The highest BCUT2D eigenvalue weighted by Gasteiger charge is 2.20. The summed E-state index contributed by atoms with van der Waals surface area (Å²) in [6, 6.07) is 9.74. The van der Waals surface area contributed by atoms with E-state index in [9.17, 15) is 0 Å². The Morgan fingerprint density at radius 2 is 1.71 bits per heavy atom. The zero-order chi connectivity index (χ0) is 14.5. The number of nitrogens with one attached hydrogen (secondary N) is 1. The number of fused-ring (bicyclic) bond motifs is 1. The molecule has 1 saturated carbocycles. The van der Waals surface area contributed by atoms with Gasteiger partial charge in [-0.2, -0.15) is 0 Å². The van der Waals surface area contributed by atoms with E-state index in [2.05, 4.69) is 41.4 Å². The van der Waals surface area contributed by atoms with Crippen LogP contribution < -0.4 is 5.32 Å². The molecule has 2 aliphatic rings. The van der Waals surface area contributed by atoms with Crippen LogP contribution in [0.4, 0.5) is 0 Å². The van der Waals surface area contributed by atoms with Gasteiger partial charge in [0.05, 0.1) is 0 Å². The van der Waals surface area contributed by atoms with Gasteiger partial charge in [0, 0.05) is 32.2 Å². The van der Waals surface area contributed by atoms with Crippen molar-refractivity contribution in [3.05, 3.63) is 35.4 Å². The SMILES string of the molecule is CC1CCCCC1NCCN1CCc2ccccc2CC1. The summed E-state index contributed by atoms with van der Waals surface area (Å²) in [5, 5.41) is 3.82. The summed E-state index contributed by atoms with van der Waals surface area (Å²) in [4.78, 5) is 2.64. The van der Waals surface area contributed by atoms with Crippen LogP contribution >= 0.6 is 0 Å². The molecule has 1 aromatic rings. The molecule has 3 rings (SSSR count). The van der Waals surface area contributed by atoms with E-state index in [4.69, 9.17) is 0 Å². The predicted octanol–water partition coefficient (Wildman–Crippen LogP) is 3.26. The second-order valence-corrected chi connectivity index (χ2v) is 6.93. The van der Waals surface area contributed by atoms with E-state index < -0.39 is 0 Å². The van der Waals surface area contributed by atoms with E-state index in [1.165, 1.54) is 58.2 Å². The van der Waals surface area contributed by atoms with Crippen molar-refractivity contribution in [3.63, 3.8) is 0 Å². The summed E-state index contributed by atoms with van der Waals surface area (Å²) in [5.74, 6) is 0.868. The molecule has 116 valence electrons. The van der Waals surface area contributed by atoms with Gasteiger partial charge in [-0.25, -0.2) is 0 Å². The van der Waals surface area contributed by atoms with Crippen molar-refractivity contribution < 1.29 is 0 Å². The van der Waals surface area contributed by atoms with E-state index in [1.807, 2.05) is 0 Å². The fourth-order valence-corrected chi connectivity index (χ4v) is 3.97. The Kier molecular flexibility index (Phi) is 5.32. The zero-order valence-electron chi connectivity index (χ0n) is 13.5. The molecule has 0 radical (unpaired) electrons. The molecule has 1 aliphatic carbocycles. The molecular formula is C19H30N2. The van der Waals surface area contributed by atoms with Gasteiger partial charge >= 0.3 is 0 Å². The van der Waals surface area contributed by atoms with Crippen molar-refractivity contribution in [1.29, 1.82) is 0 Å². The topological polar surface area (TPSA) is 15.3 Å². The minimum Gasteiger partial charge on any atom is -0.312 e. The molecule has 1 fully saturated rings. The number of hydrogen-bond acceptors (Lipinski definition) is 2. The fourth-order valence-electron chi connectivity index (χ4n) is 3.97. The number of nitrogens with zero attached hydrogens (tertiary/aromatic N) is 1. The first-order chi connectivity index (χ1) is 10.3. The molecule has 1 heterocycles. The Morgan fingerprint density at radius 3 is 2.38 bits per heavy atom. The van der Waals surface area contributed by atoms with Gasteiger partial charge in [0.1, 0.15) is 0 Å². The van der Waals surface area contributed by atoms with Crippen molar-refractivity contribution in [1.82, 2.24) is 10.2 Å². The molecule has 1 N–H and O–H groups in total. The van der Waals surface area contributed by atoms with Gasteiger partial charge in [0.25, 0.3) is 0 Å². The minimum atomic E-state index is 0.767. The molecule has 1 aromatic carbocycles. The Bertz CT molecular complexity index is 416. The lowest BCUT2D eigenvalue weighted by molar-refractivity contribution is 0.246. The highest BCUT2D eigenvalue weighted by atomic mass is 15.1. The van der Waals surface area contributed by atoms with Crippen molar-refractivity contribution in [2.75, 3.05) is 26.2 Å². The third-order valence-electron chi connectivity index (χ3n) is 5.46. The van der Waals surface area contributed by atoms with Crippen LogP contribution in [0, 0.1) is 5.92 Å². The number of benzene rings is 1. The van der Waals surface area contributed by atoms with Gasteiger partial charge in [-0.15, -0.1) is 0 Å². The predicted molar refractivity (Wildman–Crippen MR) is 89.7 cm³/mol. The third kappa shape index (κ3) is 4.08. The second kappa shape index (κ2) is 7.42. The van der Waals surface area contributed by atoms with Gasteiger partial charge in [-0.3, -0.25) is 0 Å². The maximum Gasteiger partial charge on any atom is 0.0107 e. The Labute approximate surface area is 129 Å². The smallest absolute Gasteiger partial charge is 0.0107 e. The van der Waals surface area contributed by atoms with Crippen LogP contribution in [0.3, 0.4) is 0 Å². The van der Waals surface area contributed by atoms with Crippen molar-refractivity contribution in [3.8, 4) is 0 Å². The zero-order valence-corrected chi connectivity index (χ0v) is 13.5. The molecule has 0 amide bonds. The summed E-state index contributed by atoms with van der Waals surface area (Å²) in [5.41, 5.74) is 3.13. The Morgan fingerprint density at radius 1 is 1.05 bits per heavy atom. The lowest BCUT2D eigenvalue weighted by Crippen LogP contribution is -2.42. The molecule has 2 nitrogen and oxygen atoms in total. The Hall–Kier alpha value is -0.860. The molecule has 0 bridgehead atoms. The number of rotatable bonds is 4. The maximum absolute atomic E-state index is 3.82. The highest BCUT2D eigenvalue weighted by Crippen LogP contribution is 2.23. The third-order valence-corrected chi connectivity index (χ3v) is 5.46. The Balaban J connectivity index is 1.42. The minimum absolute atomic E-state index is 0.767. The van der Waals surface area contributed by atoms with Gasteiger partial charge in [0.2, 0.25) is 0 Å². The molecule has 2 heteroatoms. The molecule has 2 unspecified atom stereocenters. The first-order valence-corrected chi connectivity index (χ1v) is 8.85. The van der Waals surface area contributed by atoms with Crippen LogP contribution in [0.5, 0.6) is 0 Å². The average molecular weight is 286 g/mol. The van der Waals surface area contributed by atoms with E-state index in [-0.39, 0.29) is 0 Å². The largest absolute Gasteiger partial charge is 0.312 e. The van der Waals surface area contributed by atoms with Crippen molar-refractivity contribution >= 4 is 0 Å². The fraction of sp³-hybridized carbons (Fsp3) is 0.684. The molecule has 0 saturated heterocycles. The van der Waals surface area contributed by atoms with Crippen LogP contribution in [-0.2, 0) is 12.8 Å². The molecule has 0 aromatic heterocycles. The molecule has 1 aliphatic heterocycles. The first kappa shape index (κ1) is 15.1. The monoisotopic (exact) mass is 286 g/mol. The van der Waals surface area contributed by atoms with Crippen LogP contribution in [0.25, 0.3) is 0 Å². The van der Waals surface area contributed by atoms with Crippen LogP contribution in [0.15, 0.2) is 24.3 Å². The van der Waals surface area contributed by atoms with E-state index in [0.29, 0.717) is 0 Å². The highest BCUT2D eigenvalue weighted by molar-refractivity contribution is 5.28. The van der Waals surface area contributed by atoms with Crippen molar-refractivity contribution in [2.24, 2.45) is 5.92 Å². The van der Waals surface area contributed by atoms with Crippen LogP contribution in [0.2, 0.25) is 0 Å². The summed E-state index contributed by atoms with van der Waals surface area (Å²) < 4.78 is 0. The first-order valence-electron chi connectivity index (χ1n) is 8.85. The normalized spacial score (nSPS) is 27.1. The number of hydrogen-bond donors (Lipinski definition) is 1. The summed E-state index contributed by atoms with van der Waals surface area (Å²) in [7, 11) is 0. The quantitative estimate of drug-likeness (QED) is 0.914. The summed E-state index contributed by atoms with van der Waals surface area (Å²) >= 11 is 0. The average Bonchev–Trinajstić information content (AvgIpc) is 2.72. The molecule has 2 atom stereocenters. The van der Waals surface area contributed by atoms with Gasteiger partial charge in [0.15, 0.2) is 0 Å². The summed E-state index contributed by atoms with van der Waals surface area (Å²) in [6.07, 6.45) is 8.08. The molecule has 21 heavy (non-hydrogen) atoms. The standard InChI is InChI=1S/C19H30N2/c1-16-6-2-5-9-19(16)20-12-15-21-13-10-17-7-3-4-8-18(17)11-14-21/h3-4,7-8,16,19-20H,2,5-6,9-15H2,1H3. The van der Waals surface area contributed by atoms with Crippen LogP contribution in [-0.4, -0.2) is 37.1 Å². The van der Waals surface area contributed by atoms with Crippen molar-refractivity contribution in [2.45, 2.75) is 51.5 Å². The second-order valence-electron chi connectivity index (χ2n) is 6.93. The van der Waals surface area contributed by atoms with E-state index >= 15 is 0 Å². The van der Waals surface area contributed by atoms with E-state index in [0.717, 1.165) is 18.5 Å². The summed E-state index contributed by atoms with van der Waals surface area (Å²) in [6.45, 7) is 7.22. The lowest BCUT2D eigenvalue weighted by Gasteiger charge is -2.30. The molecular weight excluding hydrogens is 256 g/mol. The maximum atomic E-state index is 3.82. The van der Waals surface area contributed by atoms with Crippen LogP contribution in [0.1, 0.15) is 43.7 Å². The lowest BCUT2D eigenvalue weighted by atomic mass is 9.86. The van der Waals surface area contributed by atoms with Gasteiger partial charge in [-0.1, -0.05) is 44.0 Å². The molecule has 0 spiro atoms. The van der Waals surface area contributed by atoms with E-state index in [1.54, 1.807) is 11.1 Å². The van der Waals surface area contributed by atoms with Gasteiger partial charge < -0.3 is 10.2 Å². The van der Waals surface area contributed by atoms with Gasteiger partial charge in [-0.05, 0) is 42.7 Å².